The Morgan fingerprint density at radius 3 is 2.82 bits per heavy atom. The van der Waals surface area contributed by atoms with Crippen LogP contribution in [0.5, 0.6) is 0 Å². The maximum Gasteiger partial charge on any atom is 0.119 e. The van der Waals surface area contributed by atoms with Crippen molar-refractivity contribution in [3.63, 3.8) is 0 Å². The van der Waals surface area contributed by atoms with Gasteiger partial charge in [0.05, 0.1) is 12.2 Å². The fourth-order valence-corrected chi connectivity index (χ4v) is 1.03. The van der Waals surface area contributed by atoms with Gasteiger partial charge in [0.15, 0.2) is 0 Å². The molecule has 0 aromatic rings. The first-order valence-electron chi connectivity index (χ1n) is 3.46. The van der Waals surface area contributed by atoms with E-state index >= 15 is 0 Å². The van der Waals surface area contributed by atoms with Crippen molar-refractivity contribution in [2.45, 2.75) is 12.5 Å². The number of rotatable bonds is 1. The van der Waals surface area contributed by atoms with Gasteiger partial charge in [-0.2, -0.15) is 0 Å². The molecule has 0 bridgehead atoms. The number of hydrogen-bond acceptors (Lipinski definition) is 2. The Hall–Kier alpha value is -0.670. The van der Waals surface area contributed by atoms with E-state index in [-0.39, 0.29) is 6.61 Å². The molecule has 0 saturated heterocycles. The molecule has 11 heavy (non-hydrogen) atoms. The Kier molecular flexibility index (Phi) is 2.11. The Bertz CT molecular complexity index is 206. The molecule has 0 amide bonds. The topological polar surface area (TPSA) is 40.5 Å². The largest absolute Gasteiger partial charge is 0.396 e. The third-order valence-corrected chi connectivity index (χ3v) is 1.89. The zero-order valence-corrected chi connectivity index (χ0v) is 6.29. The van der Waals surface area contributed by atoms with Crippen LogP contribution in [0.2, 0.25) is 0 Å². The van der Waals surface area contributed by atoms with E-state index in [9.17, 15) is 9.50 Å². The lowest BCUT2D eigenvalue weighted by molar-refractivity contribution is 0.0361. The van der Waals surface area contributed by atoms with Crippen LogP contribution in [0, 0.1) is 5.92 Å². The zero-order valence-electron chi connectivity index (χ0n) is 6.29. The molecule has 62 valence electrons. The first-order chi connectivity index (χ1) is 5.06. The van der Waals surface area contributed by atoms with Gasteiger partial charge in [0.25, 0.3) is 0 Å². The van der Waals surface area contributed by atoms with Crippen LogP contribution in [-0.4, -0.2) is 22.4 Å². The highest BCUT2D eigenvalue weighted by molar-refractivity contribution is 5.24. The summed E-state index contributed by atoms with van der Waals surface area (Å²) in [5, 5.41) is 18.2. The highest BCUT2D eigenvalue weighted by atomic mass is 19.1. The second-order valence-electron chi connectivity index (χ2n) is 2.90. The average Bonchev–Trinajstić information content (AvgIpc) is 1.94. The smallest absolute Gasteiger partial charge is 0.119 e. The van der Waals surface area contributed by atoms with Crippen molar-refractivity contribution >= 4 is 0 Å². The number of aliphatic hydroxyl groups is 2. The van der Waals surface area contributed by atoms with Gasteiger partial charge in [0, 0.05) is 5.92 Å². The summed E-state index contributed by atoms with van der Waals surface area (Å²) in [6.45, 7) is 1.29. The summed E-state index contributed by atoms with van der Waals surface area (Å²) in [6.07, 6.45) is 3.77. The first-order valence-corrected chi connectivity index (χ1v) is 3.46. The van der Waals surface area contributed by atoms with Gasteiger partial charge in [-0.25, -0.2) is 4.39 Å². The van der Waals surface area contributed by atoms with Crippen molar-refractivity contribution in [3.8, 4) is 0 Å². The normalized spacial score (nSPS) is 37.1. The van der Waals surface area contributed by atoms with Gasteiger partial charge in [-0.3, -0.25) is 0 Å². The molecule has 3 heteroatoms. The predicted octanol–water partition coefficient (Wildman–Crippen LogP) is 0.769. The highest BCUT2D eigenvalue weighted by Gasteiger charge is 2.29. The first kappa shape index (κ1) is 8.43. The fourth-order valence-electron chi connectivity index (χ4n) is 1.03. The lowest BCUT2D eigenvalue weighted by Gasteiger charge is -2.28. The third kappa shape index (κ3) is 1.67. The molecular formula is C8H11FO2. The van der Waals surface area contributed by atoms with Crippen molar-refractivity contribution in [1.82, 2.24) is 0 Å². The van der Waals surface area contributed by atoms with Crippen LogP contribution in [0.4, 0.5) is 4.39 Å². The molecule has 2 N–H and O–H groups in total. The SMILES string of the molecule is C[C@]1(O)C=CC(F)=C[C@@H]1CO. The summed E-state index contributed by atoms with van der Waals surface area (Å²) in [6, 6.07) is 0. The molecule has 0 unspecified atom stereocenters. The molecule has 0 aromatic heterocycles. The second-order valence-corrected chi connectivity index (χ2v) is 2.90. The van der Waals surface area contributed by atoms with Crippen LogP contribution in [0.25, 0.3) is 0 Å². The molecule has 0 heterocycles. The number of hydrogen-bond donors (Lipinski definition) is 2. The highest BCUT2D eigenvalue weighted by Crippen LogP contribution is 2.26. The van der Waals surface area contributed by atoms with Gasteiger partial charge in [-0.15, -0.1) is 0 Å². The van der Waals surface area contributed by atoms with Crippen LogP contribution < -0.4 is 0 Å². The molecular weight excluding hydrogens is 147 g/mol. The molecule has 0 radical (unpaired) electrons. The molecule has 0 saturated carbocycles. The number of allylic oxidation sites excluding steroid dienone is 2. The predicted molar refractivity (Wildman–Crippen MR) is 39.5 cm³/mol. The van der Waals surface area contributed by atoms with Crippen molar-refractivity contribution in [3.05, 3.63) is 24.1 Å². The minimum atomic E-state index is -1.12. The van der Waals surface area contributed by atoms with Crippen molar-refractivity contribution in [2.24, 2.45) is 5.92 Å². The minimum absolute atomic E-state index is 0.245. The summed E-state index contributed by atoms with van der Waals surface area (Å²) in [7, 11) is 0. The van der Waals surface area contributed by atoms with Gasteiger partial charge in [0.1, 0.15) is 5.83 Å². The lowest BCUT2D eigenvalue weighted by Crippen LogP contribution is -2.35. The van der Waals surface area contributed by atoms with Crippen molar-refractivity contribution in [2.75, 3.05) is 6.61 Å². The summed E-state index contributed by atoms with van der Waals surface area (Å²) in [5.74, 6) is -0.942. The fraction of sp³-hybridized carbons (Fsp3) is 0.500. The van der Waals surface area contributed by atoms with Gasteiger partial charge < -0.3 is 10.2 Å². The van der Waals surface area contributed by atoms with E-state index in [2.05, 4.69) is 0 Å². The molecule has 0 aromatic carbocycles. The maximum absolute atomic E-state index is 12.5. The Morgan fingerprint density at radius 1 is 1.73 bits per heavy atom. The van der Waals surface area contributed by atoms with E-state index in [0.717, 1.165) is 0 Å². The van der Waals surface area contributed by atoms with Gasteiger partial charge >= 0.3 is 0 Å². The molecule has 2 nitrogen and oxygen atoms in total. The van der Waals surface area contributed by atoms with Gasteiger partial charge in [-0.05, 0) is 25.2 Å². The van der Waals surface area contributed by atoms with Crippen LogP contribution in [0.15, 0.2) is 24.1 Å². The maximum atomic E-state index is 12.5. The minimum Gasteiger partial charge on any atom is -0.396 e. The zero-order chi connectivity index (χ0) is 8.48. The van der Waals surface area contributed by atoms with E-state index in [1.165, 1.54) is 25.2 Å². The van der Waals surface area contributed by atoms with Crippen LogP contribution in [0.3, 0.4) is 0 Å². The van der Waals surface area contributed by atoms with E-state index in [1.807, 2.05) is 0 Å². The lowest BCUT2D eigenvalue weighted by atomic mass is 9.86. The van der Waals surface area contributed by atoms with E-state index in [1.54, 1.807) is 0 Å². The van der Waals surface area contributed by atoms with Crippen LogP contribution in [0.1, 0.15) is 6.92 Å². The standard InChI is InChI=1S/C8H11FO2/c1-8(11)3-2-7(9)4-6(8)5-10/h2-4,6,10-11H,5H2,1H3/t6-,8+/m1/s1. The third-order valence-electron chi connectivity index (χ3n) is 1.89. The summed E-state index contributed by atoms with van der Waals surface area (Å²) < 4.78 is 12.5. The van der Waals surface area contributed by atoms with Crippen molar-refractivity contribution < 1.29 is 14.6 Å². The van der Waals surface area contributed by atoms with Gasteiger partial charge in [0.2, 0.25) is 0 Å². The molecule has 0 spiro atoms. The van der Waals surface area contributed by atoms with Crippen LogP contribution in [-0.2, 0) is 0 Å². The molecule has 1 rings (SSSR count). The Balaban J connectivity index is 2.84. The molecule has 0 fully saturated rings. The van der Waals surface area contributed by atoms with Crippen LogP contribution >= 0.6 is 0 Å². The monoisotopic (exact) mass is 158 g/mol. The molecule has 2 atom stereocenters. The quantitative estimate of drug-likeness (QED) is 0.591. The number of halogens is 1. The number of aliphatic hydroxyl groups excluding tert-OH is 1. The summed E-state index contributed by atoms with van der Waals surface area (Å²) >= 11 is 0. The molecule has 0 aliphatic heterocycles. The Labute approximate surface area is 64.7 Å². The van der Waals surface area contributed by atoms with Crippen molar-refractivity contribution in [1.29, 1.82) is 0 Å². The average molecular weight is 158 g/mol. The van der Waals surface area contributed by atoms with E-state index in [0.29, 0.717) is 0 Å². The second kappa shape index (κ2) is 2.75. The molecule has 1 aliphatic carbocycles. The van der Waals surface area contributed by atoms with E-state index < -0.39 is 17.3 Å². The Morgan fingerprint density at radius 2 is 2.36 bits per heavy atom. The summed E-state index contributed by atoms with van der Waals surface area (Å²) in [4.78, 5) is 0. The molecule has 1 aliphatic rings. The van der Waals surface area contributed by atoms with Gasteiger partial charge in [-0.1, -0.05) is 0 Å². The summed E-state index contributed by atoms with van der Waals surface area (Å²) in [5.41, 5.74) is -1.12. The van der Waals surface area contributed by atoms with E-state index in [4.69, 9.17) is 5.11 Å².